The first-order chi connectivity index (χ1) is 14.6. The molecular weight excluding hydrogens is 396 g/mol. The summed E-state index contributed by atoms with van der Waals surface area (Å²) < 4.78 is 5.22. The van der Waals surface area contributed by atoms with Crippen molar-refractivity contribution < 1.29 is 24.5 Å². The van der Waals surface area contributed by atoms with Crippen molar-refractivity contribution in [3.63, 3.8) is 0 Å². The van der Waals surface area contributed by atoms with Gasteiger partial charge in [0.25, 0.3) is 11.7 Å². The highest BCUT2D eigenvalue weighted by Crippen LogP contribution is 2.42. The van der Waals surface area contributed by atoms with Crippen LogP contribution in [0.1, 0.15) is 28.3 Å². The molecule has 1 saturated heterocycles. The van der Waals surface area contributed by atoms with Crippen LogP contribution in [0.4, 0.5) is 0 Å². The van der Waals surface area contributed by atoms with Gasteiger partial charge in [0.15, 0.2) is 11.5 Å². The molecule has 2 aromatic carbocycles. The summed E-state index contributed by atoms with van der Waals surface area (Å²) in [6, 6.07) is 9.47. The molecule has 2 aromatic rings. The van der Waals surface area contributed by atoms with Crippen LogP contribution in [0.25, 0.3) is 5.76 Å². The number of carbonyl (C=O) groups is 2. The molecule has 7 heteroatoms. The van der Waals surface area contributed by atoms with Gasteiger partial charge in [-0.25, -0.2) is 0 Å². The van der Waals surface area contributed by atoms with Crippen LogP contribution < -0.4 is 4.74 Å². The minimum atomic E-state index is -0.797. The van der Waals surface area contributed by atoms with Gasteiger partial charge in [0, 0.05) is 18.7 Å². The number of aliphatic hydroxyl groups is 1. The standard InChI is InChI=1S/C24H28N2O5/c1-14-6-7-15(2)17(12-14)22(28)20-21(16-8-9-18(27)19(13-16)31-5)26(11-10-25(3)4)24(30)23(20)29/h6-9,12-13,21,27-28H,10-11H2,1-5H3/t21-/m0/s1. The average molecular weight is 424 g/mol. The van der Waals surface area contributed by atoms with E-state index in [1.807, 2.05) is 45.0 Å². The normalized spacial score (nSPS) is 18.1. The topological polar surface area (TPSA) is 90.3 Å². The van der Waals surface area contributed by atoms with Gasteiger partial charge in [-0.15, -0.1) is 0 Å². The Morgan fingerprint density at radius 2 is 1.84 bits per heavy atom. The number of likely N-dealkylation sites (tertiary alicyclic amines) is 1. The van der Waals surface area contributed by atoms with Crippen LogP contribution in [0.2, 0.25) is 0 Å². The van der Waals surface area contributed by atoms with Gasteiger partial charge in [-0.05, 0) is 57.3 Å². The summed E-state index contributed by atoms with van der Waals surface area (Å²) >= 11 is 0. The fourth-order valence-electron chi connectivity index (χ4n) is 3.77. The molecule has 7 nitrogen and oxygen atoms in total. The van der Waals surface area contributed by atoms with Crippen LogP contribution in [0.3, 0.4) is 0 Å². The number of Topliss-reactive ketones (excluding diaryl/α,β-unsaturated/α-hetero) is 1. The lowest BCUT2D eigenvalue weighted by Crippen LogP contribution is -2.35. The van der Waals surface area contributed by atoms with Gasteiger partial charge in [-0.2, -0.15) is 0 Å². The molecule has 1 amide bonds. The zero-order chi connectivity index (χ0) is 22.9. The Kier molecular flexibility index (Phi) is 6.36. The van der Waals surface area contributed by atoms with Gasteiger partial charge in [0.2, 0.25) is 0 Å². The maximum absolute atomic E-state index is 13.1. The SMILES string of the molecule is COc1cc([C@H]2C(=C(O)c3cc(C)ccc3C)C(=O)C(=O)N2CCN(C)C)ccc1O. The van der Waals surface area contributed by atoms with Crippen molar-refractivity contribution in [2.24, 2.45) is 0 Å². The van der Waals surface area contributed by atoms with Gasteiger partial charge in [0.1, 0.15) is 5.76 Å². The lowest BCUT2D eigenvalue weighted by atomic mass is 9.93. The van der Waals surface area contributed by atoms with Crippen molar-refractivity contribution >= 4 is 17.4 Å². The molecule has 0 aromatic heterocycles. The van der Waals surface area contributed by atoms with Gasteiger partial charge in [-0.1, -0.05) is 23.8 Å². The third kappa shape index (κ3) is 4.27. The second-order valence-electron chi connectivity index (χ2n) is 8.05. The molecule has 1 heterocycles. The summed E-state index contributed by atoms with van der Waals surface area (Å²) in [5.74, 6) is -1.42. The summed E-state index contributed by atoms with van der Waals surface area (Å²) in [5, 5.41) is 21.2. The molecular formula is C24H28N2O5. The van der Waals surface area contributed by atoms with E-state index < -0.39 is 17.7 Å². The van der Waals surface area contributed by atoms with Crippen LogP contribution in [0.15, 0.2) is 42.0 Å². The number of rotatable bonds is 6. The number of phenols is 1. The summed E-state index contributed by atoms with van der Waals surface area (Å²) in [5.41, 5.74) is 2.84. The Balaban J connectivity index is 2.23. The predicted octanol–water partition coefficient (Wildman–Crippen LogP) is 3.00. The third-order valence-corrected chi connectivity index (χ3v) is 5.50. The highest BCUT2D eigenvalue weighted by Gasteiger charge is 2.46. The van der Waals surface area contributed by atoms with E-state index in [0.29, 0.717) is 24.2 Å². The molecule has 0 radical (unpaired) electrons. The fraction of sp³-hybridized carbons (Fsp3) is 0.333. The molecule has 0 bridgehead atoms. The first kappa shape index (κ1) is 22.4. The molecule has 1 aliphatic rings. The third-order valence-electron chi connectivity index (χ3n) is 5.50. The number of ketones is 1. The summed E-state index contributed by atoms with van der Waals surface area (Å²) in [7, 11) is 5.19. The van der Waals surface area contributed by atoms with Crippen molar-refractivity contribution in [1.29, 1.82) is 0 Å². The first-order valence-electron chi connectivity index (χ1n) is 10.0. The van der Waals surface area contributed by atoms with Crippen LogP contribution in [0, 0.1) is 13.8 Å². The summed E-state index contributed by atoms with van der Waals surface area (Å²) in [4.78, 5) is 29.4. The zero-order valence-electron chi connectivity index (χ0n) is 18.5. The minimum absolute atomic E-state index is 0.0326. The largest absolute Gasteiger partial charge is 0.507 e. The van der Waals surface area contributed by atoms with Crippen molar-refractivity contribution in [3.8, 4) is 11.5 Å². The lowest BCUT2D eigenvalue weighted by Gasteiger charge is -2.27. The fourth-order valence-corrected chi connectivity index (χ4v) is 3.77. The van der Waals surface area contributed by atoms with E-state index in [0.717, 1.165) is 11.1 Å². The van der Waals surface area contributed by atoms with E-state index in [9.17, 15) is 19.8 Å². The number of carbonyl (C=O) groups excluding carboxylic acids is 2. The molecule has 31 heavy (non-hydrogen) atoms. The number of aliphatic hydroxyl groups excluding tert-OH is 1. The predicted molar refractivity (Wildman–Crippen MR) is 118 cm³/mol. The van der Waals surface area contributed by atoms with Gasteiger partial charge in [0.05, 0.1) is 18.7 Å². The maximum Gasteiger partial charge on any atom is 0.295 e. The van der Waals surface area contributed by atoms with Crippen LogP contribution >= 0.6 is 0 Å². The maximum atomic E-state index is 13.1. The number of hydrogen-bond acceptors (Lipinski definition) is 6. The molecule has 0 aliphatic carbocycles. The number of aromatic hydroxyl groups is 1. The number of likely N-dealkylation sites (N-methyl/N-ethyl adjacent to an activating group) is 1. The first-order valence-corrected chi connectivity index (χ1v) is 10.0. The Morgan fingerprint density at radius 3 is 2.48 bits per heavy atom. The monoisotopic (exact) mass is 424 g/mol. The number of phenolic OH excluding ortho intramolecular Hbond substituents is 1. The van der Waals surface area contributed by atoms with E-state index in [-0.39, 0.29) is 22.8 Å². The van der Waals surface area contributed by atoms with Crippen molar-refractivity contribution in [2.75, 3.05) is 34.3 Å². The molecule has 164 valence electrons. The Hall–Kier alpha value is -3.32. The average Bonchev–Trinajstić information content (AvgIpc) is 2.98. The molecule has 0 saturated carbocycles. The second-order valence-corrected chi connectivity index (χ2v) is 8.05. The van der Waals surface area contributed by atoms with E-state index in [1.165, 1.54) is 18.1 Å². The summed E-state index contributed by atoms with van der Waals surface area (Å²) in [6.07, 6.45) is 0. The zero-order valence-corrected chi connectivity index (χ0v) is 18.5. The second kappa shape index (κ2) is 8.81. The van der Waals surface area contributed by atoms with E-state index in [1.54, 1.807) is 18.2 Å². The van der Waals surface area contributed by atoms with Gasteiger partial charge >= 0.3 is 0 Å². The molecule has 1 fully saturated rings. The Labute approximate surface area is 182 Å². The van der Waals surface area contributed by atoms with Crippen molar-refractivity contribution in [1.82, 2.24) is 9.80 Å². The minimum Gasteiger partial charge on any atom is -0.507 e. The molecule has 2 N–H and O–H groups in total. The van der Waals surface area contributed by atoms with Crippen LogP contribution in [-0.4, -0.2) is 66.0 Å². The van der Waals surface area contributed by atoms with Gasteiger partial charge < -0.3 is 24.7 Å². The van der Waals surface area contributed by atoms with E-state index in [2.05, 4.69) is 0 Å². The highest BCUT2D eigenvalue weighted by atomic mass is 16.5. The molecule has 1 atom stereocenters. The number of nitrogens with zero attached hydrogens (tertiary/aromatic N) is 2. The smallest absolute Gasteiger partial charge is 0.295 e. The quantitative estimate of drug-likeness (QED) is 0.421. The Bertz CT molecular complexity index is 1060. The number of amides is 1. The van der Waals surface area contributed by atoms with Crippen LogP contribution in [0.5, 0.6) is 11.5 Å². The molecule has 3 rings (SSSR count). The lowest BCUT2D eigenvalue weighted by molar-refractivity contribution is -0.140. The van der Waals surface area contributed by atoms with E-state index >= 15 is 0 Å². The number of benzene rings is 2. The number of methoxy groups -OCH3 is 1. The number of aryl methyl sites for hydroxylation is 2. The Morgan fingerprint density at radius 1 is 1.13 bits per heavy atom. The number of hydrogen-bond donors (Lipinski definition) is 2. The number of ether oxygens (including phenoxy) is 1. The molecule has 1 aliphatic heterocycles. The van der Waals surface area contributed by atoms with Gasteiger partial charge in [-0.3, -0.25) is 9.59 Å². The molecule has 0 spiro atoms. The molecule has 0 unspecified atom stereocenters. The van der Waals surface area contributed by atoms with Crippen molar-refractivity contribution in [2.45, 2.75) is 19.9 Å². The van der Waals surface area contributed by atoms with Crippen LogP contribution in [-0.2, 0) is 9.59 Å². The highest BCUT2D eigenvalue weighted by molar-refractivity contribution is 6.46. The summed E-state index contributed by atoms with van der Waals surface area (Å²) in [6.45, 7) is 4.58. The van der Waals surface area contributed by atoms with Crippen molar-refractivity contribution in [3.05, 3.63) is 64.2 Å². The van der Waals surface area contributed by atoms with E-state index in [4.69, 9.17) is 4.74 Å².